The molecule has 3 heterocycles. The van der Waals surface area contributed by atoms with Crippen molar-refractivity contribution in [2.75, 3.05) is 32.7 Å². The Kier molecular flexibility index (Phi) is 9.05. The number of aromatic amines is 1. The molecular formula is C18H30IN7O. The van der Waals surface area contributed by atoms with Gasteiger partial charge >= 0.3 is 0 Å². The number of nitrogens with one attached hydrogen (secondary N) is 3. The SMILES string of the molecule is CCNC(=NCC1CCCN1CC)NCCc1nc(-c2ccco2)n[nH]1.I. The number of rotatable bonds is 8. The van der Waals surface area contributed by atoms with E-state index in [-0.39, 0.29) is 24.0 Å². The minimum atomic E-state index is 0. The number of halogens is 1. The molecule has 1 fully saturated rings. The third-order valence-corrected chi connectivity index (χ3v) is 4.64. The fourth-order valence-corrected chi connectivity index (χ4v) is 3.28. The number of hydrogen-bond acceptors (Lipinski definition) is 5. The zero-order valence-corrected chi connectivity index (χ0v) is 18.4. The van der Waals surface area contributed by atoms with Crippen molar-refractivity contribution < 1.29 is 4.42 Å². The highest BCUT2D eigenvalue weighted by molar-refractivity contribution is 14.0. The maximum absolute atomic E-state index is 5.31. The average Bonchev–Trinajstić information content (AvgIpc) is 3.40. The molecule has 0 aliphatic carbocycles. The zero-order valence-electron chi connectivity index (χ0n) is 16.1. The molecule has 1 aliphatic heterocycles. The number of nitrogens with zero attached hydrogens (tertiary/aromatic N) is 4. The first-order valence-corrected chi connectivity index (χ1v) is 9.51. The van der Waals surface area contributed by atoms with Crippen LogP contribution in [0.5, 0.6) is 0 Å². The third kappa shape index (κ3) is 6.20. The number of likely N-dealkylation sites (N-methyl/N-ethyl adjacent to an activating group) is 1. The predicted molar refractivity (Wildman–Crippen MR) is 117 cm³/mol. The summed E-state index contributed by atoms with van der Waals surface area (Å²) in [6.07, 6.45) is 4.88. The highest BCUT2D eigenvalue weighted by Crippen LogP contribution is 2.16. The molecule has 0 aromatic carbocycles. The van der Waals surface area contributed by atoms with Crippen LogP contribution < -0.4 is 10.6 Å². The number of likely N-dealkylation sites (tertiary alicyclic amines) is 1. The molecule has 0 spiro atoms. The molecule has 0 amide bonds. The molecule has 27 heavy (non-hydrogen) atoms. The highest BCUT2D eigenvalue weighted by Gasteiger charge is 2.22. The lowest BCUT2D eigenvalue weighted by atomic mass is 10.2. The molecule has 3 N–H and O–H groups in total. The van der Waals surface area contributed by atoms with Crippen LogP contribution in [0.2, 0.25) is 0 Å². The van der Waals surface area contributed by atoms with E-state index in [2.05, 4.69) is 44.6 Å². The van der Waals surface area contributed by atoms with Gasteiger partial charge in [-0.15, -0.1) is 24.0 Å². The van der Waals surface area contributed by atoms with E-state index in [0.29, 0.717) is 17.6 Å². The number of furan rings is 1. The van der Waals surface area contributed by atoms with Crippen LogP contribution in [0.3, 0.4) is 0 Å². The minimum Gasteiger partial charge on any atom is -0.461 e. The normalized spacial score (nSPS) is 17.7. The number of guanidine groups is 1. The van der Waals surface area contributed by atoms with Gasteiger partial charge in [0.05, 0.1) is 12.8 Å². The van der Waals surface area contributed by atoms with E-state index >= 15 is 0 Å². The molecule has 0 bridgehead atoms. The molecule has 3 rings (SSSR count). The van der Waals surface area contributed by atoms with Gasteiger partial charge in [0, 0.05) is 25.6 Å². The second kappa shape index (κ2) is 11.3. The Morgan fingerprint density at radius 3 is 3.04 bits per heavy atom. The first-order chi connectivity index (χ1) is 12.8. The van der Waals surface area contributed by atoms with Gasteiger partial charge in [-0.05, 0) is 45.0 Å². The van der Waals surface area contributed by atoms with E-state index in [4.69, 9.17) is 9.41 Å². The van der Waals surface area contributed by atoms with Crippen molar-refractivity contribution in [2.45, 2.75) is 39.2 Å². The maximum atomic E-state index is 5.31. The first kappa shape index (κ1) is 21.7. The molecule has 150 valence electrons. The number of H-pyrrole nitrogens is 1. The molecule has 8 nitrogen and oxygen atoms in total. The van der Waals surface area contributed by atoms with Crippen LogP contribution >= 0.6 is 24.0 Å². The number of hydrogen-bond donors (Lipinski definition) is 3. The van der Waals surface area contributed by atoms with Crippen molar-refractivity contribution >= 4 is 29.9 Å². The topological polar surface area (TPSA) is 94.4 Å². The van der Waals surface area contributed by atoms with Gasteiger partial charge < -0.3 is 15.1 Å². The molecule has 2 aromatic heterocycles. The summed E-state index contributed by atoms with van der Waals surface area (Å²) in [4.78, 5) is 11.7. The quantitative estimate of drug-likeness (QED) is 0.301. The second-order valence-corrected chi connectivity index (χ2v) is 6.40. The van der Waals surface area contributed by atoms with E-state index in [1.807, 2.05) is 12.1 Å². The summed E-state index contributed by atoms with van der Waals surface area (Å²) in [5.41, 5.74) is 0. The molecule has 9 heteroatoms. The maximum Gasteiger partial charge on any atom is 0.216 e. The smallest absolute Gasteiger partial charge is 0.216 e. The van der Waals surface area contributed by atoms with E-state index in [1.54, 1.807) is 6.26 Å². The lowest BCUT2D eigenvalue weighted by Crippen LogP contribution is -2.40. The Morgan fingerprint density at radius 1 is 1.41 bits per heavy atom. The van der Waals surface area contributed by atoms with Crippen LogP contribution in [0.1, 0.15) is 32.5 Å². The Morgan fingerprint density at radius 2 is 2.30 bits per heavy atom. The molecule has 2 aromatic rings. The molecule has 1 atom stereocenters. The fraction of sp³-hybridized carbons (Fsp3) is 0.611. The molecule has 0 saturated carbocycles. The van der Waals surface area contributed by atoms with Crippen molar-refractivity contribution in [1.82, 2.24) is 30.7 Å². The van der Waals surface area contributed by atoms with Crippen LogP contribution in [0.4, 0.5) is 0 Å². The standard InChI is InChI=1S/C18H29N7O.HI/c1-3-19-18(21-13-14-7-5-11-25(14)4-2)20-10-9-16-22-17(24-23-16)15-8-6-12-26-15;/h6,8,12,14H,3-5,7,9-11,13H2,1-2H3,(H2,19,20,21)(H,22,23,24);1H. The van der Waals surface area contributed by atoms with Gasteiger partial charge in [0.25, 0.3) is 0 Å². The van der Waals surface area contributed by atoms with E-state index in [9.17, 15) is 0 Å². The lowest BCUT2D eigenvalue weighted by Gasteiger charge is -2.21. The Labute approximate surface area is 177 Å². The third-order valence-electron chi connectivity index (χ3n) is 4.64. The van der Waals surface area contributed by atoms with Gasteiger partial charge in [-0.3, -0.25) is 15.0 Å². The molecule has 1 unspecified atom stereocenters. The zero-order chi connectivity index (χ0) is 18.2. The molecule has 1 saturated heterocycles. The molecular weight excluding hydrogens is 457 g/mol. The van der Waals surface area contributed by atoms with Crippen LogP contribution in [0, 0.1) is 0 Å². The van der Waals surface area contributed by atoms with Crippen LogP contribution in [-0.2, 0) is 6.42 Å². The van der Waals surface area contributed by atoms with Crippen molar-refractivity contribution in [3.8, 4) is 11.6 Å². The Balaban J connectivity index is 0.00000261. The Bertz CT molecular complexity index is 686. The summed E-state index contributed by atoms with van der Waals surface area (Å²) in [6, 6.07) is 4.25. The predicted octanol–water partition coefficient (Wildman–Crippen LogP) is 2.26. The van der Waals surface area contributed by atoms with E-state index in [0.717, 1.165) is 44.4 Å². The van der Waals surface area contributed by atoms with Crippen LogP contribution in [0.15, 0.2) is 27.8 Å². The highest BCUT2D eigenvalue weighted by atomic mass is 127. The second-order valence-electron chi connectivity index (χ2n) is 6.40. The average molecular weight is 487 g/mol. The fourth-order valence-electron chi connectivity index (χ4n) is 3.28. The monoisotopic (exact) mass is 487 g/mol. The summed E-state index contributed by atoms with van der Waals surface area (Å²) in [6.45, 7) is 9.03. The van der Waals surface area contributed by atoms with Gasteiger partial charge in [0.2, 0.25) is 5.82 Å². The van der Waals surface area contributed by atoms with Crippen molar-refractivity contribution in [3.63, 3.8) is 0 Å². The minimum absolute atomic E-state index is 0. The van der Waals surface area contributed by atoms with Crippen molar-refractivity contribution in [1.29, 1.82) is 0 Å². The summed E-state index contributed by atoms with van der Waals surface area (Å²) in [7, 11) is 0. The van der Waals surface area contributed by atoms with Gasteiger partial charge in [0.15, 0.2) is 11.7 Å². The lowest BCUT2D eigenvalue weighted by molar-refractivity contribution is 0.273. The first-order valence-electron chi connectivity index (χ1n) is 9.51. The van der Waals surface area contributed by atoms with Crippen molar-refractivity contribution in [3.05, 3.63) is 24.2 Å². The Hall–Kier alpha value is -1.62. The molecule has 1 aliphatic rings. The number of aliphatic imine (C=N–C) groups is 1. The van der Waals surface area contributed by atoms with Crippen molar-refractivity contribution in [2.24, 2.45) is 4.99 Å². The van der Waals surface area contributed by atoms with E-state index in [1.165, 1.54) is 19.4 Å². The largest absolute Gasteiger partial charge is 0.461 e. The number of aromatic nitrogens is 3. The van der Waals surface area contributed by atoms with E-state index < -0.39 is 0 Å². The molecule has 0 radical (unpaired) electrons. The summed E-state index contributed by atoms with van der Waals surface area (Å²) in [5, 5.41) is 13.8. The summed E-state index contributed by atoms with van der Waals surface area (Å²) >= 11 is 0. The summed E-state index contributed by atoms with van der Waals surface area (Å²) in [5.74, 6) is 2.95. The summed E-state index contributed by atoms with van der Waals surface area (Å²) < 4.78 is 5.31. The van der Waals surface area contributed by atoms with Gasteiger partial charge in [-0.2, -0.15) is 5.10 Å². The van der Waals surface area contributed by atoms with Gasteiger partial charge in [-0.25, -0.2) is 4.98 Å². The van der Waals surface area contributed by atoms with Gasteiger partial charge in [-0.1, -0.05) is 6.92 Å². The van der Waals surface area contributed by atoms with Crippen LogP contribution in [0.25, 0.3) is 11.6 Å². The van der Waals surface area contributed by atoms with Gasteiger partial charge in [0.1, 0.15) is 5.82 Å². The van der Waals surface area contributed by atoms with Crippen LogP contribution in [-0.4, -0.2) is 64.8 Å².